The van der Waals surface area contributed by atoms with Crippen molar-refractivity contribution in [3.63, 3.8) is 0 Å². The van der Waals surface area contributed by atoms with Gasteiger partial charge in [-0.25, -0.2) is 0 Å². The normalized spacial score (nSPS) is 32.2. The van der Waals surface area contributed by atoms with Gasteiger partial charge in [-0.15, -0.1) is 0 Å². The molecule has 4 atom stereocenters. The highest BCUT2D eigenvalue weighted by Gasteiger charge is 2.46. The van der Waals surface area contributed by atoms with E-state index < -0.39 is 5.60 Å². The zero-order valence-corrected chi connectivity index (χ0v) is 16.6. The number of aromatic nitrogens is 2. The molecule has 1 aromatic rings. The van der Waals surface area contributed by atoms with Crippen molar-refractivity contribution in [3.8, 4) is 0 Å². The lowest BCUT2D eigenvalue weighted by Gasteiger charge is -2.40. The molecule has 28 heavy (non-hydrogen) atoms. The van der Waals surface area contributed by atoms with E-state index in [-0.39, 0.29) is 17.9 Å². The van der Waals surface area contributed by atoms with Gasteiger partial charge in [0.05, 0.1) is 5.69 Å². The molecular formula is C21H30N4O3. The summed E-state index contributed by atoms with van der Waals surface area (Å²) in [5.41, 5.74) is 0.156. The van der Waals surface area contributed by atoms with Gasteiger partial charge in [-0.05, 0) is 57.3 Å². The third kappa shape index (κ3) is 4.04. The molecule has 3 heterocycles. The average molecular weight is 386 g/mol. The van der Waals surface area contributed by atoms with Gasteiger partial charge >= 0.3 is 0 Å². The third-order valence-corrected chi connectivity index (χ3v) is 6.65. The number of fused-ring (bicyclic) bond motifs is 2. The van der Waals surface area contributed by atoms with Crippen LogP contribution in [0.25, 0.3) is 0 Å². The number of nitrogens with one attached hydrogen (secondary N) is 1. The quantitative estimate of drug-likeness (QED) is 0.833. The molecule has 2 aliphatic heterocycles. The summed E-state index contributed by atoms with van der Waals surface area (Å²) in [5, 5.41) is 3.29. The Balaban J connectivity index is 1.31. The van der Waals surface area contributed by atoms with Crippen LogP contribution in [-0.2, 0) is 20.7 Å². The number of hydrogen-bond acceptors (Lipinski definition) is 5. The Morgan fingerprint density at radius 2 is 2.04 bits per heavy atom. The highest BCUT2D eigenvalue weighted by atomic mass is 16.5. The zero-order valence-electron chi connectivity index (χ0n) is 16.6. The predicted octanol–water partition coefficient (Wildman–Crippen LogP) is 1.72. The SMILES string of the molecule is CC1(C(=O)NC2[C@@H]3CC[C@H]2CN(C(=O)CCc2cnccn2)C3)CCCCO1. The fourth-order valence-electron chi connectivity index (χ4n) is 4.93. The Bertz CT molecular complexity index is 691. The van der Waals surface area contributed by atoms with E-state index in [9.17, 15) is 9.59 Å². The minimum Gasteiger partial charge on any atom is -0.365 e. The lowest BCUT2D eigenvalue weighted by atomic mass is 9.89. The molecule has 7 heteroatoms. The largest absolute Gasteiger partial charge is 0.365 e. The minimum absolute atomic E-state index is 0.0246. The van der Waals surface area contributed by atoms with Crippen molar-refractivity contribution in [2.24, 2.45) is 11.8 Å². The van der Waals surface area contributed by atoms with Crippen molar-refractivity contribution in [2.75, 3.05) is 19.7 Å². The van der Waals surface area contributed by atoms with E-state index >= 15 is 0 Å². The number of carbonyl (C=O) groups excluding carboxylic acids is 2. The van der Waals surface area contributed by atoms with Crippen molar-refractivity contribution in [3.05, 3.63) is 24.3 Å². The van der Waals surface area contributed by atoms with Crippen LogP contribution in [0.5, 0.6) is 0 Å². The van der Waals surface area contributed by atoms with Crippen LogP contribution in [0, 0.1) is 11.8 Å². The van der Waals surface area contributed by atoms with E-state index in [2.05, 4.69) is 15.3 Å². The van der Waals surface area contributed by atoms with Crippen molar-refractivity contribution in [1.29, 1.82) is 0 Å². The summed E-state index contributed by atoms with van der Waals surface area (Å²) >= 11 is 0. The molecule has 1 aromatic heterocycles. The van der Waals surface area contributed by atoms with Crippen molar-refractivity contribution >= 4 is 11.8 Å². The van der Waals surface area contributed by atoms with Crippen LogP contribution in [0.1, 0.15) is 51.1 Å². The van der Waals surface area contributed by atoms with Crippen LogP contribution in [0.2, 0.25) is 0 Å². The Kier molecular flexibility index (Phi) is 5.62. The smallest absolute Gasteiger partial charge is 0.252 e. The summed E-state index contributed by atoms with van der Waals surface area (Å²) in [5.74, 6) is 0.886. The molecule has 4 rings (SSSR count). The van der Waals surface area contributed by atoms with Gasteiger partial charge < -0.3 is 15.0 Å². The summed E-state index contributed by atoms with van der Waals surface area (Å²) in [4.78, 5) is 35.8. The molecule has 3 fully saturated rings. The number of ether oxygens (including phenoxy) is 1. The molecule has 7 nitrogen and oxygen atoms in total. The number of carbonyl (C=O) groups is 2. The first-order valence-electron chi connectivity index (χ1n) is 10.5. The maximum atomic E-state index is 12.9. The fraction of sp³-hybridized carbons (Fsp3) is 0.714. The number of aryl methyl sites for hydroxylation is 1. The minimum atomic E-state index is -0.693. The van der Waals surface area contributed by atoms with Gasteiger partial charge in [0.1, 0.15) is 5.60 Å². The van der Waals surface area contributed by atoms with Crippen LogP contribution in [-0.4, -0.2) is 58.0 Å². The van der Waals surface area contributed by atoms with Crippen molar-refractivity contribution in [2.45, 2.75) is 63.5 Å². The second-order valence-electron chi connectivity index (χ2n) is 8.63. The Hall–Kier alpha value is -2.02. The maximum absolute atomic E-state index is 12.9. The number of piperidine rings is 1. The predicted molar refractivity (Wildman–Crippen MR) is 103 cm³/mol. The van der Waals surface area contributed by atoms with E-state index in [0.29, 0.717) is 31.3 Å². The lowest BCUT2D eigenvalue weighted by molar-refractivity contribution is -0.152. The first-order chi connectivity index (χ1) is 13.5. The standard InChI is InChI=1S/C21H30N4O3/c1-21(8-2-3-11-28-21)20(27)24-19-15-4-5-16(19)14-25(13-15)18(26)7-6-17-12-22-9-10-23-17/h9-10,12,15-16,19H,2-8,11,13-14H2,1H3,(H,24,27)/t15-,16+,19?,21?. The summed E-state index contributed by atoms with van der Waals surface area (Å²) in [6.45, 7) is 4.04. The van der Waals surface area contributed by atoms with E-state index in [1.54, 1.807) is 18.6 Å². The number of amides is 2. The number of likely N-dealkylation sites (tertiary alicyclic amines) is 1. The second kappa shape index (κ2) is 8.15. The van der Waals surface area contributed by atoms with Gasteiger partial charge in [0.2, 0.25) is 5.91 Å². The van der Waals surface area contributed by atoms with Crippen molar-refractivity contribution < 1.29 is 14.3 Å². The first kappa shape index (κ1) is 19.3. The molecule has 0 radical (unpaired) electrons. The van der Waals surface area contributed by atoms with Crippen LogP contribution in [0.4, 0.5) is 0 Å². The molecule has 3 aliphatic rings. The Labute approximate surface area is 166 Å². The monoisotopic (exact) mass is 386 g/mol. The molecule has 0 spiro atoms. The highest BCUT2D eigenvalue weighted by molar-refractivity contribution is 5.85. The Morgan fingerprint density at radius 1 is 1.25 bits per heavy atom. The maximum Gasteiger partial charge on any atom is 0.252 e. The summed E-state index contributed by atoms with van der Waals surface area (Å²) < 4.78 is 5.81. The fourth-order valence-corrected chi connectivity index (χ4v) is 4.93. The molecule has 2 unspecified atom stereocenters. The zero-order chi connectivity index (χ0) is 19.6. The molecular weight excluding hydrogens is 356 g/mol. The molecule has 152 valence electrons. The molecule has 1 aliphatic carbocycles. The lowest BCUT2D eigenvalue weighted by Crippen LogP contribution is -2.58. The summed E-state index contributed by atoms with van der Waals surface area (Å²) in [6.07, 6.45) is 11.1. The van der Waals surface area contributed by atoms with Crippen LogP contribution in [0.15, 0.2) is 18.6 Å². The van der Waals surface area contributed by atoms with E-state index in [1.165, 1.54) is 0 Å². The molecule has 0 aromatic carbocycles. The van der Waals surface area contributed by atoms with Crippen LogP contribution >= 0.6 is 0 Å². The summed E-state index contributed by atoms with van der Waals surface area (Å²) in [7, 11) is 0. The first-order valence-corrected chi connectivity index (χ1v) is 10.5. The molecule has 2 bridgehead atoms. The topological polar surface area (TPSA) is 84.4 Å². The van der Waals surface area contributed by atoms with Gasteiger partial charge in [0, 0.05) is 50.7 Å². The van der Waals surface area contributed by atoms with Crippen LogP contribution in [0.3, 0.4) is 0 Å². The van der Waals surface area contributed by atoms with Gasteiger partial charge in [-0.3, -0.25) is 19.6 Å². The highest BCUT2D eigenvalue weighted by Crippen LogP contribution is 2.38. The number of hydrogen-bond donors (Lipinski definition) is 1. The summed E-state index contributed by atoms with van der Waals surface area (Å²) in [6, 6.07) is 0.166. The van der Waals surface area contributed by atoms with E-state index in [0.717, 1.165) is 50.9 Å². The third-order valence-electron chi connectivity index (χ3n) is 6.65. The second-order valence-corrected chi connectivity index (χ2v) is 8.63. The average Bonchev–Trinajstić information content (AvgIpc) is 2.94. The van der Waals surface area contributed by atoms with Gasteiger partial charge in [0.15, 0.2) is 0 Å². The molecule has 1 N–H and O–H groups in total. The molecule has 1 saturated carbocycles. The van der Waals surface area contributed by atoms with Crippen molar-refractivity contribution in [1.82, 2.24) is 20.2 Å². The van der Waals surface area contributed by atoms with Gasteiger partial charge in [0.25, 0.3) is 5.91 Å². The van der Waals surface area contributed by atoms with E-state index in [1.807, 2.05) is 11.8 Å². The van der Waals surface area contributed by atoms with Crippen LogP contribution < -0.4 is 5.32 Å². The number of rotatable bonds is 5. The number of nitrogens with zero attached hydrogens (tertiary/aromatic N) is 3. The van der Waals surface area contributed by atoms with Gasteiger partial charge in [-0.1, -0.05) is 0 Å². The molecule has 2 saturated heterocycles. The Morgan fingerprint density at radius 3 is 2.68 bits per heavy atom. The van der Waals surface area contributed by atoms with E-state index in [4.69, 9.17) is 4.74 Å². The molecule has 2 amide bonds. The van der Waals surface area contributed by atoms with Gasteiger partial charge in [-0.2, -0.15) is 0 Å².